The fourth-order valence-corrected chi connectivity index (χ4v) is 0.734. The van der Waals surface area contributed by atoms with Crippen LogP contribution in [0.25, 0.3) is 0 Å². The van der Waals surface area contributed by atoms with Gasteiger partial charge in [0.15, 0.2) is 12.4 Å². The molecule has 0 unspecified atom stereocenters. The summed E-state index contributed by atoms with van der Waals surface area (Å²) in [6.45, 7) is 0. The van der Waals surface area contributed by atoms with E-state index in [2.05, 4.69) is 4.18 Å². The van der Waals surface area contributed by atoms with E-state index in [1.165, 1.54) is 0 Å². The molecular weight excluding hydrogens is 236 g/mol. The molecule has 8 heteroatoms. The Morgan fingerprint density at radius 2 is 2.06 bits per heavy atom. The van der Waals surface area contributed by atoms with Crippen molar-refractivity contribution in [2.24, 2.45) is 12.8 Å². The quantitative estimate of drug-likeness (QED) is 0.397. The van der Waals surface area contributed by atoms with Crippen LogP contribution in [0.4, 0.5) is 0 Å². The lowest BCUT2D eigenvalue weighted by molar-refractivity contribution is -0.671. The fourth-order valence-electron chi connectivity index (χ4n) is 0.734. The van der Waals surface area contributed by atoms with Crippen molar-refractivity contribution >= 4 is 16.3 Å². The van der Waals surface area contributed by atoms with Crippen LogP contribution in [0, 0.1) is 0 Å². The zero-order chi connectivity index (χ0) is 12.8. The number of hydrogen-bond donors (Lipinski definition) is 1. The second-order valence-corrected chi connectivity index (χ2v) is 3.85. The molecule has 2 N–H and O–H groups in total. The lowest BCUT2D eigenvalue weighted by atomic mass is 10.3. The van der Waals surface area contributed by atoms with E-state index in [1.54, 1.807) is 22.9 Å². The van der Waals surface area contributed by atoms with Gasteiger partial charge in [-0.15, -0.1) is 0 Å². The molecule has 0 bridgehead atoms. The molecule has 0 aromatic carbocycles. The molecule has 1 rings (SSSR count). The number of nitrogens with zero attached hydrogens (tertiary/aromatic N) is 1. The number of hydrogen-bond acceptors (Lipinski definition) is 5. The number of carbonyl (C=O) groups is 1. The van der Waals surface area contributed by atoms with Gasteiger partial charge in [0.2, 0.25) is 10.4 Å². The highest BCUT2D eigenvalue weighted by Gasteiger charge is 2.02. The number of amides is 1. The van der Waals surface area contributed by atoms with Crippen LogP contribution < -0.4 is 10.3 Å². The van der Waals surface area contributed by atoms with Gasteiger partial charge in [0, 0.05) is 6.07 Å². The minimum absolute atomic E-state index is 0.392. The zero-order valence-corrected chi connectivity index (χ0v) is 9.60. The first-order chi connectivity index (χ1) is 7.26. The molecule has 0 spiro atoms. The molecule has 7 nitrogen and oxygen atoms in total. The average molecular weight is 248 g/mol. The van der Waals surface area contributed by atoms with Gasteiger partial charge in [0.25, 0.3) is 5.91 Å². The van der Waals surface area contributed by atoms with Crippen molar-refractivity contribution in [3.8, 4) is 0 Å². The molecule has 0 aliphatic rings. The predicted octanol–water partition coefficient (Wildman–Crippen LogP) is -1.30. The zero-order valence-electron chi connectivity index (χ0n) is 8.78. The van der Waals surface area contributed by atoms with Crippen LogP contribution in [0.3, 0.4) is 0 Å². The topological polar surface area (TPSA) is 113 Å². The third kappa shape index (κ3) is 6.87. The summed E-state index contributed by atoms with van der Waals surface area (Å²) in [7, 11) is -1.76. The average Bonchev–Trinajstić information content (AvgIpc) is 2.17. The highest BCUT2D eigenvalue weighted by molar-refractivity contribution is 7.80. The van der Waals surface area contributed by atoms with Crippen molar-refractivity contribution in [1.82, 2.24) is 0 Å². The first-order valence-corrected chi connectivity index (χ1v) is 5.36. The SMILES string of the molecule is COS(=O)(=O)[O-].C[n+]1cccc(C(N)=O)c1. The van der Waals surface area contributed by atoms with E-state index in [-0.39, 0.29) is 0 Å². The van der Waals surface area contributed by atoms with Crippen molar-refractivity contribution in [1.29, 1.82) is 0 Å². The number of nitrogens with two attached hydrogens (primary N) is 1. The smallest absolute Gasteiger partial charge is 0.254 e. The second kappa shape index (κ2) is 6.16. The number of primary amides is 1. The van der Waals surface area contributed by atoms with Crippen molar-refractivity contribution in [3.63, 3.8) is 0 Å². The summed E-state index contributed by atoms with van der Waals surface area (Å²) < 4.78 is 32.8. The number of rotatable bonds is 2. The molecule has 0 saturated heterocycles. The van der Waals surface area contributed by atoms with Crippen molar-refractivity contribution in [2.75, 3.05) is 7.11 Å². The van der Waals surface area contributed by atoms with Crippen LogP contribution in [0.1, 0.15) is 10.4 Å². The lowest BCUT2D eigenvalue weighted by Gasteiger charge is -1.98. The van der Waals surface area contributed by atoms with Crippen molar-refractivity contribution in [2.45, 2.75) is 0 Å². The summed E-state index contributed by atoms with van der Waals surface area (Å²) in [5.74, 6) is -0.392. The Morgan fingerprint density at radius 1 is 1.56 bits per heavy atom. The van der Waals surface area contributed by atoms with E-state index in [0.717, 1.165) is 7.11 Å². The fraction of sp³-hybridized carbons (Fsp3) is 0.250. The molecule has 0 aliphatic heterocycles. The van der Waals surface area contributed by atoms with E-state index in [9.17, 15) is 17.8 Å². The molecule has 0 saturated carbocycles. The van der Waals surface area contributed by atoms with Crippen molar-refractivity contribution in [3.05, 3.63) is 30.1 Å². The number of aromatic nitrogens is 1. The summed E-state index contributed by atoms with van der Waals surface area (Å²) in [5.41, 5.74) is 5.56. The van der Waals surface area contributed by atoms with Gasteiger partial charge in [-0.1, -0.05) is 0 Å². The Balaban J connectivity index is 0.000000325. The van der Waals surface area contributed by atoms with E-state index < -0.39 is 16.3 Å². The Morgan fingerprint density at radius 3 is 2.31 bits per heavy atom. The molecule has 0 radical (unpaired) electrons. The molecule has 1 heterocycles. The largest absolute Gasteiger partial charge is 0.726 e. The van der Waals surface area contributed by atoms with Gasteiger partial charge in [-0.3, -0.25) is 8.98 Å². The van der Waals surface area contributed by atoms with Crippen LogP contribution in [-0.2, 0) is 21.6 Å². The van der Waals surface area contributed by atoms with Crippen LogP contribution >= 0.6 is 0 Å². The number of aryl methyl sites for hydroxylation is 1. The van der Waals surface area contributed by atoms with Crippen LogP contribution in [-0.4, -0.2) is 26.0 Å². The van der Waals surface area contributed by atoms with E-state index in [4.69, 9.17) is 5.73 Å². The second-order valence-electron chi connectivity index (χ2n) is 2.70. The first kappa shape index (κ1) is 14.5. The molecular formula is C8H12N2O5S. The Labute approximate surface area is 93.4 Å². The summed E-state index contributed by atoms with van der Waals surface area (Å²) in [4.78, 5) is 10.6. The molecule has 0 atom stereocenters. The lowest BCUT2D eigenvalue weighted by Crippen LogP contribution is -2.28. The third-order valence-corrected chi connectivity index (χ3v) is 1.84. The predicted molar refractivity (Wildman–Crippen MR) is 52.8 cm³/mol. The summed E-state index contributed by atoms with van der Waals surface area (Å²) >= 11 is 0. The maximum absolute atomic E-state index is 10.6. The summed E-state index contributed by atoms with van der Waals surface area (Å²) in [6, 6.07) is 3.46. The summed E-state index contributed by atoms with van der Waals surface area (Å²) in [5, 5.41) is 0. The van der Waals surface area contributed by atoms with E-state index >= 15 is 0 Å². The van der Waals surface area contributed by atoms with Gasteiger partial charge in [-0.25, -0.2) is 13.0 Å². The standard InChI is InChI=1S/C7H8N2O.CH4O4S/c1-9-4-2-3-6(5-9)7(8)10;1-5-6(2,3)4/h2-5H,1H3,(H-,8,10);1H3,(H,2,3,4). The van der Waals surface area contributed by atoms with Crippen LogP contribution in [0.5, 0.6) is 0 Å². The minimum Gasteiger partial charge on any atom is -0.726 e. The van der Waals surface area contributed by atoms with Gasteiger partial charge in [-0.05, 0) is 6.07 Å². The van der Waals surface area contributed by atoms with Gasteiger partial charge in [0.05, 0.1) is 7.11 Å². The number of pyridine rings is 1. The van der Waals surface area contributed by atoms with E-state index in [1.807, 2.05) is 13.2 Å². The monoisotopic (exact) mass is 248 g/mol. The van der Waals surface area contributed by atoms with Gasteiger partial charge in [-0.2, -0.15) is 0 Å². The molecule has 90 valence electrons. The number of carbonyl (C=O) groups excluding carboxylic acids is 1. The molecule has 0 fully saturated rings. The van der Waals surface area contributed by atoms with E-state index in [0.29, 0.717) is 5.56 Å². The third-order valence-electron chi connectivity index (χ3n) is 1.43. The first-order valence-electron chi connectivity index (χ1n) is 4.03. The highest BCUT2D eigenvalue weighted by Crippen LogP contribution is 1.90. The van der Waals surface area contributed by atoms with Gasteiger partial charge >= 0.3 is 0 Å². The van der Waals surface area contributed by atoms with Gasteiger partial charge in [0.1, 0.15) is 12.6 Å². The maximum Gasteiger partial charge on any atom is 0.254 e. The molecule has 1 amide bonds. The minimum atomic E-state index is -4.41. The molecule has 1 aromatic rings. The highest BCUT2D eigenvalue weighted by atomic mass is 32.3. The molecule has 16 heavy (non-hydrogen) atoms. The van der Waals surface area contributed by atoms with Crippen LogP contribution in [0.15, 0.2) is 24.5 Å². The Kier molecular flexibility index (Phi) is 5.57. The normalized spacial score (nSPS) is 10.2. The Bertz CT molecular complexity index is 457. The molecule has 1 aromatic heterocycles. The maximum atomic E-state index is 10.6. The Hall–Kier alpha value is -1.51. The van der Waals surface area contributed by atoms with Crippen LogP contribution in [0.2, 0.25) is 0 Å². The summed E-state index contributed by atoms with van der Waals surface area (Å²) in [6.07, 6.45) is 3.52. The van der Waals surface area contributed by atoms with Gasteiger partial charge < -0.3 is 10.3 Å². The molecule has 0 aliphatic carbocycles. The van der Waals surface area contributed by atoms with Crippen molar-refractivity contribution < 1.29 is 26.5 Å².